The van der Waals surface area contributed by atoms with Crippen molar-refractivity contribution < 1.29 is 4.39 Å². The van der Waals surface area contributed by atoms with Crippen molar-refractivity contribution in [2.45, 2.75) is 6.92 Å². The fraction of sp³-hybridized carbons (Fsp3) is 0.0625. The maximum absolute atomic E-state index is 14.4. The Labute approximate surface area is 130 Å². The van der Waals surface area contributed by atoms with Gasteiger partial charge >= 0.3 is 0 Å². The zero-order valence-electron chi connectivity index (χ0n) is 11.3. The lowest BCUT2D eigenvalue weighted by molar-refractivity contribution is 0.621. The lowest BCUT2D eigenvalue weighted by atomic mass is 9.99. The number of halogens is 2. The molecule has 1 heterocycles. The summed E-state index contributed by atoms with van der Waals surface area (Å²) in [6, 6.07) is 12.9. The van der Waals surface area contributed by atoms with Gasteiger partial charge in [-0.15, -0.1) is 0 Å². The molecular weight excluding hydrogens is 333 g/mol. The summed E-state index contributed by atoms with van der Waals surface area (Å²) in [5, 5.41) is 6.89. The third-order valence-electron chi connectivity index (χ3n) is 3.37. The molecule has 3 rings (SSSR count). The highest BCUT2D eigenvalue weighted by atomic mass is 79.9. The molecule has 3 nitrogen and oxygen atoms in total. The molecule has 5 heteroatoms. The minimum absolute atomic E-state index is 0.266. The predicted octanol–water partition coefficient (Wildman–Crippen LogP) is 4.54. The van der Waals surface area contributed by atoms with Crippen LogP contribution in [-0.4, -0.2) is 10.2 Å². The van der Waals surface area contributed by atoms with E-state index in [1.54, 1.807) is 19.1 Å². The molecule has 0 aliphatic rings. The monoisotopic (exact) mass is 345 g/mol. The number of nitrogens with zero attached hydrogens (tertiary/aromatic N) is 1. The number of H-pyrrole nitrogens is 1. The van der Waals surface area contributed by atoms with Crippen LogP contribution in [0.2, 0.25) is 0 Å². The predicted molar refractivity (Wildman–Crippen MR) is 86.3 cm³/mol. The van der Waals surface area contributed by atoms with Crippen LogP contribution in [0.5, 0.6) is 0 Å². The number of hydrogen-bond acceptors (Lipinski definition) is 2. The Morgan fingerprint density at radius 3 is 2.71 bits per heavy atom. The summed E-state index contributed by atoms with van der Waals surface area (Å²) in [5.74, 6) is 0.0846. The van der Waals surface area contributed by atoms with Crippen LogP contribution in [0.3, 0.4) is 0 Å². The molecule has 0 aliphatic carbocycles. The van der Waals surface area contributed by atoms with Crippen molar-refractivity contribution in [2.75, 3.05) is 5.73 Å². The number of benzene rings is 2. The van der Waals surface area contributed by atoms with E-state index in [1.165, 1.54) is 0 Å². The number of aromatic nitrogens is 2. The highest BCUT2D eigenvalue weighted by Crippen LogP contribution is 2.37. The Bertz CT molecular complexity index is 811. The van der Waals surface area contributed by atoms with Crippen LogP contribution in [0, 0.1) is 12.7 Å². The molecule has 0 fully saturated rings. The lowest BCUT2D eigenvalue weighted by Gasteiger charge is -2.08. The van der Waals surface area contributed by atoms with Gasteiger partial charge in [0, 0.05) is 10.0 Å². The first-order valence-corrected chi connectivity index (χ1v) is 7.22. The van der Waals surface area contributed by atoms with Gasteiger partial charge < -0.3 is 5.73 Å². The second kappa shape index (κ2) is 5.33. The molecule has 0 bridgehead atoms. The number of anilines is 1. The summed E-state index contributed by atoms with van der Waals surface area (Å²) in [6.45, 7) is 1.73. The van der Waals surface area contributed by atoms with E-state index >= 15 is 0 Å². The van der Waals surface area contributed by atoms with Gasteiger partial charge in [0.25, 0.3) is 0 Å². The number of nitrogens with two attached hydrogens (primary N) is 1. The molecule has 0 spiro atoms. The second-order valence-corrected chi connectivity index (χ2v) is 5.72. The largest absolute Gasteiger partial charge is 0.382 e. The van der Waals surface area contributed by atoms with E-state index in [-0.39, 0.29) is 5.82 Å². The van der Waals surface area contributed by atoms with Gasteiger partial charge in [-0.1, -0.05) is 40.2 Å². The van der Waals surface area contributed by atoms with E-state index in [9.17, 15) is 4.39 Å². The van der Waals surface area contributed by atoms with Crippen LogP contribution in [0.15, 0.2) is 46.9 Å². The third kappa shape index (κ3) is 2.45. The van der Waals surface area contributed by atoms with Crippen LogP contribution < -0.4 is 5.73 Å². The third-order valence-corrected chi connectivity index (χ3v) is 3.86. The van der Waals surface area contributed by atoms with Gasteiger partial charge in [0.2, 0.25) is 0 Å². The Balaban J connectivity index is 2.24. The maximum Gasteiger partial charge on any atom is 0.153 e. The zero-order chi connectivity index (χ0) is 15.0. The van der Waals surface area contributed by atoms with Crippen LogP contribution >= 0.6 is 15.9 Å². The highest BCUT2D eigenvalue weighted by Gasteiger charge is 2.18. The van der Waals surface area contributed by atoms with Crippen LogP contribution in [0.4, 0.5) is 10.2 Å². The SMILES string of the molecule is Cc1cccc(-c2[nH]nc(N)c2-c2cccc(Br)c2)c1F. The molecular formula is C16H13BrFN3. The number of aryl methyl sites for hydroxylation is 1. The van der Waals surface area contributed by atoms with Crippen LogP contribution in [0.1, 0.15) is 5.56 Å². The molecule has 106 valence electrons. The highest BCUT2D eigenvalue weighted by molar-refractivity contribution is 9.10. The first-order chi connectivity index (χ1) is 10.1. The number of rotatable bonds is 2. The van der Waals surface area contributed by atoms with Crippen molar-refractivity contribution in [3.63, 3.8) is 0 Å². The van der Waals surface area contributed by atoms with Gasteiger partial charge in [-0.05, 0) is 36.2 Å². The zero-order valence-corrected chi connectivity index (χ0v) is 12.9. The van der Waals surface area contributed by atoms with Crippen molar-refractivity contribution in [2.24, 2.45) is 0 Å². The first-order valence-electron chi connectivity index (χ1n) is 6.43. The fourth-order valence-corrected chi connectivity index (χ4v) is 2.73. The minimum atomic E-state index is -0.266. The molecule has 0 saturated heterocycles. The van der Waals surface area contributed by atoms with Crippen LogP contribution in [-0.2, 0) is 0 Å². The van der Waals surface area contributed by atoms with Crippen molar-refractivity contribution >= 4 is 21.7 Å². The van der Waals surface area contributed by atoms with Gasteiger partial charge in [-0.25, -0.2) is 4.39 Å². The molecule has 21 heavy (non-hydrogen) atoms. The van der Waals surface area contributed by atoms with Crippen LogP contribution in [0.25, 0.3) is 22.4 Å². The molecule has 1 aromatic heterocycles. The lowest BCUT2D eigenvalue weighted by Crippen LogP contribution is -1.92. The maximum atomic E-state index is 14.4. The average Bonchev–Trinajstić information content (AvgIpc) is 2.83. The summed E-state index contributed by atoms with van der Waals surface area (Å²) in [6.07, 6.45) is 0. The molecule has 0 radical (unpaired) electrons. The van der Waals surface area contributed by atoms with Crippen molar-refractivity contribution in [3.05, 3.63) is 58.3 Å². The van der Waals surface area contributed by atoms with Crippen molar-refractivity contribution in [1.29, 1.82) is 0 Å². The van der Waals surface area contributed by atoms with Crippen molar-refractivity contribution in [3.8, 4) is 22.4 Å². The molecule has 0 atom stereocenters. The first kappa shape index (κ1) is 13.8. The summed E-state index contributed by atoms with van der Waals surface area (Å²) in [4.78, 5) is 0. The molecule has 2 aromatic carbocycles. The van der Waals surface area contributed by atoms with Gasteiger partial charge in [-0.3, -0.25) is 5.10 Å². The Morgan fingerprint density at radius 2 is 1.95 bits per heavy atom. The van der Waals surface area contributed by atoms with E-state index < -0.39 is 0 Å². The molecule has 3 N–H and O–H groups in total. The fourth-order valence-electron chi connectivity index (χ4n) is 2.33. The standard InChI is InChI=1S/C16H13BrFN3/c1-9-4-2-7-12(14(9)18)15-13(16(19)21-20-15)10-5-3-6-11(17)8-10/h2-8H,1H3,(H3,19,20,21). The second-order valence-electron chi connectivity index (χ2n) is 4.81. The van der Waals surface area contributed by atoms with E-state index in [0.717, 1.165) is 10.0 Å². The van der Waals surface area contributed by atoms with E-state index in [2.05, 4.69) is 26.1 Å². The number of hydrogen-bond donors (Lipinski definition) is 2. The molecule has 3 aromatic rings. The summed E-state index contributed by atoms with van der Waals surface area (Å²) >= 11 is 3.43. The quantitative estimate of drug-likeness (QED) is 0.716. The van der Waals surface area contributed by atoms with Gasteiger partial charge in [-0.2, -0.15) is 5.10 Å². The summed E-state index contributed by atoms with van der Waals surface area (Å²) in [7, 11) is 0. The summed E-state index contributed by atoms with van der Waals surface area (Å²) < 4.78 is 15.3. The molecule has 0 amide bonds. The normalized spacial score (nSPS) is 10.8. The molecule has 0 saturated carbocycles. The molecule has 0 unspecified atom stereocenters. The topological polar surface area (TPSA) is 54.7 Å². The van der Waals surface area contributed by atoms with Crippen molar-refractivity contribution in [1.82, 2.24) is 10.2 Å². The average molecular weight is 346 g/mol. The number of aromatic amines is 1. The Hall–Kier alpha value is -2.14. The van der Waals surface area contributed by atoms with E-state index in [4.69, 9.17) is 5.73 Å². The van der Waals surface area contributed by atoms with E-state index in [0.29, 0.717) is 28.2 Å². The van der Waals surface area contributed by atoms with Gasteiger partial charge in [0.15, 0.2) is 5.82 Å². The number of nitrogen functional groups attached to an aromatic ring is 1. The van der Waals surface area contributed by atoms with Gasteiger partial charge in [0.05, 0.1) is 11.3 Å². The minimum Gasteiger partial charge on any atom is -0.382 e. The smallest absolute Gasteiger partial charge is 0.153 e. The molecule has 0 aliphatic heterocycles. The Morgan fingerprint density at radius 1 is 1.19 bits per heavy atom. The Kier molecular flexibility index (Phi) is 3.51. The van der Waals surface area contributed by atoms with E-state index in [1.807, 2.05) is 30.3 Å². The summed E-state index contributed by atoms with van der Waals surface area (Å²) in [5.41, 5.74) is 9.20. The van der Waals surface area contributed by atoms with Gasteiger partial charge in [0.1, 0.15) is 5.82 Å². The number of nitrogens with one attached hydrogen (secondary N) is 1.